The molecule has 0 saturated carbocycles. The molecule has 2 saturated heterocycles. The monoisotopic (exact) mass is 276 g/mol. The predicted octanol–water partition coefficient (Wildman–Crippen LogP) is 0.738. The molecule has 5 nitrogen and oxygen atoms in total. The molecule has 0 bridgehead atoms. The Morgan fingerprint density at radius 3 is 3.05 bits per heavy atom. The maximum atomic E-state index is 13.1. The number of hydrogen-bond acceptors (Lipinski definition) is 5. The van der Waals surface area contributed by atoms with E-state index in [1.54, 1.807) is 0 Å². The van der Waals surface area contributed by atoms with Crippen LogP contribution in [0.25, 0.3) is 0 Å². The van der Waals surface area contributed by atoms with Crippen molar-refractivity contribution in [3.8, 4) is 6.07 Å². The quantitative estimate of drug-likeness (QED) is 0.863. The lowest BCUT2D eigenvalue weighted by Crippen LogP contribution is -2.53. The number of aliphatic hydroxyl groups excluding tert-OH is 1. The number of aliphatic hydroxyl groups is 1. The van der Waals surface area contributed by atoms with E-state index in [1.165, 1.54) is 6.07 Å². The molecule has 0 aromatic carbocycles. The maximum absolute atomic E-state index is 13.1. The summed E-state index contributed by atoms with van der Waals surface area (Å²) in [5.41, 5.74) is 0.287. The van der Waals surface area contributed by atoms with Gasteiger partial charge in [0.25, 0.3) is 0 Å². The molecular formula is C14H17FN4O. The molecule has 3 heterocycles. The highest BCUT2D eigenvalue weighted by Gasteiger charge is 2.37. The van der Waals surface area contributed by atoms with Crippen LogP contribution in [0.15, 0.2) is 12.3 Å². The maximum Gasteiger partial charge on any atom is 0.146 e. The van der Waals surface area contributed by atoms with E-state index in [4.69, 9.17) is 5.26 Å². The third-order valence-corrected chi connectivity index (χ3v) is 4.29. The summed E-state index contributed by atoms with van der Waals surface area (Å²) in [6.07, 6.45) is 3.22. The highest BCUT2D eigenvalue weighted by molar-refractivity contribution is 5.54. The Hall–Kier alpha value is -1.71. The first kappa shape index (κ1) is 13.3. The molecule has 1 aromatic rings. The fraction of sp³-hybridized carbons (Fsp3) is 0.571. The van der Waals surface area contributed by atoms with E-state index in [1.807, 2.05) is 6.07 Å². The van der Waals surface area contributed by atoms with Crippen molar-refractivity contribution in [2.24, 2.45) is 0 Å². The standard InChI is InChI=1S/C14H17FN4O/c15-11-5-10(6-16)14(17-7-11)18-3-4-19-12(8-18)1-2-13(19)9-20/h5,7,12-13,20H,1-4,8-9H2/t12-,13-/m0/s1. The number of nitrogens with zero attached hydrogens (tertiary/aromatic N) is 4. The van der Waals surface area contributed by atoms with Crippen molar-refractivity contribution in [3.63, 3.8) is 0 Å². The molecule has 2 aliphatic heterocycles. The number of halogens is 1. The molecule has 0 aliphatic carbocycles. The molecule has 1 N–H and O–H groups in total. The molecule has 6 heteroatoms. The third-order valence-electron chi connectivity index (χ3n) is 4.29. The average Bonchev–Trinajstić information content (AvgIpc) is 2.89. The van der Waals surface area contributed by atoms with E-state index in [0.29, 0.717) is 11.9 Å². The third kappa shape index (κ3) is 2.23. The molecule has 2 atom stereocenters. The molecule has 3 rings (SSSR count). The summed E-state index contributed by atoms with van der Waals surface area (Å²) in [5.74, 6) is 0.0890. The van der Waals surface area contributed by atoms with Gasteiger partial charge in [0, 0.05) is 31.7 Å². The van der Waals surface area contributed by atoms with Crippen molar-refractivity contribution in [1.29, 1.82) is 5.26 Å². The molecule has 2 fully saturated rings. The van der Waals surface area contributed by atoms with Crippen LogP contribution in [0.5, 0.6) is 0 Å². The van der Waals surface area contributed by atoms with Crippen LogP contribution in [0.3, 0.4) is 0 Å². The summed E-state index contributed by atoms with van der Waals surface area (Å²) in [4.78, 5) is 8.48. The first-order valence-electron chi connectivity index (χ1n) is 6.90. The van der Waals surface area contributed by atoms with E-state index in [-0.39, 0.29) is 18.2 Å². The summed E-state index contributed by atoms with van der Waals surface area (Å²) in [6, 6.07) is 3.90. The van der Waals surface area contributed by atoms with E-state index >= 15 is 0 Å². The van der Waals surface area contributed by atoms with Crippen molar-refractivity contribution in [1.82, 2.24) is 9.88 Å². The number of rotatable bonds is 2. The van der Waals surface area contributed by atoms with Crippen LogP contribution in [-0.2, 0) is 0 Å². The zero-order chi connectivity index (χ0) is 14.1. The second-order valence-electron chi connectivity index (χ2n) is 5.39. The van der Waals surface area contributed by atoms with Gasteiger partial charge in [-0.2, -0.15) is 5.26 Å². The van der Waals surface area contributed by atoms with Crippen molar-refractivity contribution in [3.05, 3.63) is 23.6 Å². The minimum atomic E-state index is -0.481. The molecule has 20 heavy (non-hydrogen) atoms. The molecule has 0 radical (unpaired) electrons. The van der Waals surface area contributed by atoms with E-state index < -0.39 is 5.82 Å². The van der Waals surface area contributed by atoms with Crippen LogP contribution >= 0.6 is 0 Å². The number of hydrogen-bond donors (Lipinski definition) is 1. The number of anilines is 1. The van der Waals surface area contributed by atoms with Crippen LogP contribution in [-0.4, -0.2) is 53.3 Å². The molecule has 1 aromatic heterocycles. The predicted molar refractivity (Wildman–Crippen MR) is 71.7 cm³/mol. The first-order valence-corrected chi connectivity index (χ1v) is 6.90. The summed E-state index contributed by atoms with van der Waals surface area (Å²) in [7, 11) is 0. The largest absolute Gasteiger partial charge is 0.395 e. The van der Waals surface area contributed by atoms with Gasteiger partial charge in [-0.1, -0.05) is 0 Å². The van der Waals surface area contributed by atoms with Gasteiger partial charge in [0.2, 0.25) is 0 Å². The minimum absolute atomic E-state index is 0.203. The van der Waals surface area contributed by atoms with Gasteiger partial charge in [-0.25, -0.2) is 9.37 Å². The summed E-state index contributed by atoms with van der Waals surface area (Å²) >= 11 is 0. The lowest BCUT2D eigenvalue weighted by molar-refractivity contribution is 0.120. The Bertz CT molecular complexity index is 544. The molecule has 0 spiro atoms. The lowest BCUT2D eigenvalue weighted by Gasteiger charge is -2.40. The Balaban J connectivity index is 1.79. The van der Waals surface area contributed by atoms with Gasteiger partial charge in [-0.15, -0.1) is 0 Å². The van der Waals surface area contributed by atoms with E-state index in [9.17, 15) is 9.50 Å². The first-order chi connectivity index (χ1) is 9.72. The normalized spacial score (nSPS) is 26.4. The van der Waals surface area contributed by atoms with Gasteiger partial charge in [-0.3, -0.25) is 4.90 Å². The van der Waals surface area contributed by atoms with Gasteiger partial charge in [0.05, 0.1) is 18.4 Å². The molecule has 0 amide bonds. The Kier molecular flexibility index (Phi) is 3.55. The zero-order valence-corrected chi connectivity index (χ0v) is 11.2. The minimum Gasteiger partial charge on any atom is -0.395 e. The van der Waals surface area contributed by atoms with Crippen LogP contribution in [0, 0.1) is 17.1 Å². The van der Waals surface area contributed by atoms with Crippen molar-refractivity contribution in [2.75, 3.05) is 31.1 Å². The topological polar surface area (TPSA) is 63.4 Å². The van der Waals surface area contributed by atoms with Gasteiger partial charge >= 0.3 is 0 Å². The van der Waals surface area contributed by atoms with Crippen molar-refractivity contribution in [2.45, 2.75) is 24.9 Å². The second kappa shape index (κ2) is 5.35. The molecular weight excluding hydrogens is 259 g/mol. The van der Waals surface area contributed by atoms with Gasteiger partial charge in [-0.05, 0) is 18.9 Å². The van der Waals surface area contributed by atoms with Crippen LogP contribution < -0.4 is 4.90 Å². The Labute approximate surface area is 117 Å². The van der Waals surface area contributed by atoms with Gasteiger partial charge < -0.3 is 10.0 Å². The summed E-state index contributed by atoms with van der Waals surface area (Å²) < 4.78 is 13.1. The summed E-state index contributed by atoms with van der Waals surface area (Å²) in [5, 5.41) is 18.5. The SMILES string of the molecule is N#Cc1cc(F)cnc1N1CCN2[C@H](CO)CC[C@H]2C1. The van der Waals surface area contributed by atoms with Crippen LogP contribution in [0.1, 0.15) is 18.4 Å². The van der Waals surface area contributed by atoms with Gasteiger partial charge in [0.1, 0.15) is 17.7 Å². The smallest absolute Gasteiger partial charge is 0.146 e. The second-order valence-corrected chi connectivity index (χ2v) is 5.39. The summed E-state index contributed by atoms with van der Waals surface area (Å²) in [6.45, 7) is 2.58. The number of nitriles is 1. The van der Waals surface area contributed by atoms with Crippen molar-refractivity contribution >= 4 is 5.82 Å². The molecule has 2 aliphatic rings. The fourth-order valence-electron chi connectivity index (χ4n) is 3.31. The fourth-order valence-corrected chi connectivity index (χ4v) is 3.31. The number of pyridine rings is 1. The number of piperazine rings is 1. The van der Waals surface area contributed by atoms with E-state index in [2.05, 4.69) is 14.8 Å². The Morgan fingerprint density at radius 1 is 1.45 bits per heavy atom. The lowest BCUT2D eigenvalue weighted by atomic mass is 10.1. The Morgan fingerprint density at radius 2 is 2.30 bits per heavy atom. The number of fused-ring (bicyclic) bond motifs is 1. The highest BCUT2D eigenvalue weighted by Crippen LogP contribution is 2.29. The van der Waals surface area contributed by atoms with Crippen molar-refractivity contribution < 1.29 is 9.50 Å². The van der Waals surface area contributed by atoms with Crippen LogP contribution in [0.4, 0.5) is 10.2 Å². The average molecular weight is 276 g/mol. The molecule has 0 unspecified atom stereocenters. The van der Waals surface area contributed by atoms with Gasteiger partial charge in [0.15, 0.2) is 0 Å². The van der Waals surface area contributed by atoms with Crippen LogP contribution in [0.2, 0.25) is 0 Å². The van der Waals surface area contributed by atoms with E-state index in [0.717, 1.165) is 38.7 Å². The number of aromatic nitrogens is 1. The molecule has 106 valence electrons. The highest BCUT2D eigenvalue weighted by atomic mass is 19.1. The zero-order valence-electron chi connectivity index (χ0n) is 11.2.